The first-order valence-electron chi connectivity index (χ1n) is 5.39. The molecule has 1 aliphatic rings. The third kappa shape index (κ3) is 2.28. The van der Waals surface area contributed by atoms with Crippen LogP contribution in [-0.2, 0) is 0 Å². The highest BCUT2D eigenvalue weighted by molar-refractivity contribution is 14.1. The first-order chi connectivity index (χ1) is 8.25. The third-order valence-corrected chi connectivity index (χ3v) is 4.38. The maximum absolute atomic E-state index is 6.16. The predicted octanol–water partition coefficient (Wildman–Crippen LogP) is 3.67. The molecular weight excluding hydrogens is 349 g/mol. The lowest BCUT2D eigenvalue weighted by molar-refractivity contribution is 0.977. The van der Waals surface area contributed by atoms with Crippen LogP contribution < -0.4 is 0 Å². The smallest absolute Gasteiger partial charge is 0.162 e. The van der Waals surface area contributed by atoms with Gasteiger partial charge in [-0.25, -0.2) is 9.97 Å². The van der Waals surface area contributed by atoms with Crippen LogP contribution >= 0.6 is 34.2 Å². The second kappa shape index (κ2) is 4.49. The van der Waals surface area contributed by atoms with Crippen LogP contribution in [0.5, 0.6) is 0 Å². The fourth-order valence-electron chi connectivity index (χ4n) is 1.69. The van der Waals surface area contributed by atoms with Gasteiger partial charge in [-0.3, -0.25) is 4.98 Å². The van der Waals surface area contributed by atoms with Gasteiger partial charge in [-0.15, -0.1) is 0 Å². The summed E-state index contributed by atoms with van der Waals surface area (Å²) in [5.74, 6) is 1.24. The van der Waals surface area contributed by atoms with E-state index in [0.717, 1.165) is 14.8 Å². The molecule has 0 N–H and O–H groups in total. The van der Waals surface area contributed by atoms with Gasteiger partial charge < -0.3 is 0 Å². The second-order valence-corrected chi connectivity index (χ2v) is 5.49. The minimum absolute atomic E-state index is 0.543. The van der Waals surface area contributed by atoms with Gasteiger partial charge in [0.2, 0.25) is 0 Å². The van der Waals surface area contributed by atoms with Crippen molar-refractivity contribution in [3.05, 3.63) is 38.9 Å². The van der Waals surface area contributed by atoms with Gasteiger partial charge in [-0.2, -0.15) is 0 Å². The van der Waals surface area contributed by atoms with Gasteiger partial charge in [0.15, 0.2) is 5.82 Å². The zero-order valence-corrected chi connectivity index (χ0v) is 11.8. The Bertz CT molecular complexity index is 555. The molecule has 2 aromatic rings. The molecule has 0 saturated heterocycles. The maximum atomic E-state index is 6.16. The molecule has 1 fully saturated rings. The van der Waals surface area contributed by atoms with Crippen molar-refractivity contribution in [1.82, 2.24) is 15.0 Å². The van der Waals surface area contributed by atoms with Gasteiger partial charge >= 0.3 is 0 Å². The Labute approximate surface area is 118 Å². The van der Waals surface area contributed by atoms with Crippen LogP contribution in [0.3, 0.4) is 0 Å². The Kier molecular flexibility index (Phi) is 3.00. The molecule has 0 radical (unpaired) electrons. The SMILES string of the molecule is Clc1nc(-c2cccnc2)nc(C2CC2)c1I. The van der Waals surface area contributed by atoms with Gasteiger partial charge in [0.25, 0.3) is 0 Å². The van der Waals surface area contributed by atoms with E-state index in [2.05, 4.69) is 37.5 Å². The van der Waals surface area contributed by atoms with Crippen LogP contribution in [0.25, 0.3) is 11.4 Å². The van der Waals surface area contributed by atoms with E-state index in [1.165, 1.54) is 12.8 Å². The van der Waals surface area contributed by atoms with Crippen LogP contribution in [0.15, 0.2) is 24.5 Å². The molecule has 0 spiro atoms. The highest BCUT2D eigenvalue weighted by atomic mass is 127. The highest BCUT2D eigenvalue weighted by Gasteiger charge is 2.29. The number of hydrogen-bond acceptors (Lipinski definition) is 3. The van der Waals surface area contributed by atoms with Gasteiger partial charge in [0.1, 0.15) is 5.15 Å². The Morgan fingerprint density at radius 2 is 2.12 bits per heavy atom. The summed E-state index contributed by atoms with van der Waals surface area (Å²) in [6.07, 6.45) is 5.90. The molecule has 86 valence electrons. The molecule has 0 unspecified atom stereocenters. The van der Waals surface area contributed by atoms with E-state index >= 15 is 0 Å². The zero-order chi connectivity index (χ0) is 11.8. The molecule has 5 heteroatoms. The van der Waals surface area contributed by atoms with E-state index in [0.29, 0.717) is 16.9 Å². The molecule has 3 nitrogen and oxygen atoms in total. The van der Waals surface area contributed by atoms with E-state index in [1.54, 1.807) is 12.4 Å². The van der Waals surface area contributed by atoms with E-state index in [4.69, 9.17) is 11.6 Å². The Balaban J connectivity index is 2.12. The molecule has 0 aliphatic heterocycles. The first kappa shape index (κ1) is 11.3. The van der Waals surface area contributed by atoms with Crippen molar-refractivity contribution in [3.8, 4) is 11.4 Å². The van der Waals surface area contributed by atoms with Crippen molar-refractivity contribution in [2.45, 2.75) is 18.8 Å². The number of aromatic nitrogens is 3. The van der Waals surface area contributed by atoms with Crippen LogP contribution in [0.4, 0.5) is 0 Å². The van der Waals surface area contributed by atoms with Crippen molar-refractivity contribution in [3.63, 3.8) is 0 Å². The lowest BCUT2D eigenvalue weighted by Gasteiger charge is -2.07. The molecule has 0 bridgehead atoms. The van der Waals surface area contributed by atoms with Crippen molar-refractivity contribution in [2.24, 2.45) is 0 Å². The average molecular weight is 358 g/mol. The van der Waals surface area contributed by atoms with Crippen molar-refractivity contribution >= 4 is 34.2 Å². The summed E-state index contributed by atoms with van der Waals surface area (Å²) >= 11 is 8.39. The van der Waals surface area contributed by atoms with E-state index in [9.17, 15) is 0 Å². The number of pyridine rings is 1. The molecule has 0 aromatic carbocycles. The molecule has 2 aromatic heterocycles. The van der Waals surface area contributed by atoms with E-state index in [1.807, 2.05) is 12.1 Å². The second-order valence-electron chi connectivity index (χ2n) is 4.05. The Hall–Kier alpha value is -0.750. The lowest BCUT2D eigenvalue weighted by atomic mass is 10.2. The van der Waals surface area contributed by atoms with Crippen molar-refractivity contribution in [1.29, 1.82) is 0 Å². The van der Waals surface area contributed by atoms with Crippen LogP contribution in [-0.4, -0.2) is 15.0 Å². The van der Waals surface area contributed by atoms with Crippen LogP contribution in [0, 0.1) is 3.57 Å². The molecule has 1 saturated carbocycles. The van der Waals surface area contributed by atoms with Crippen LogP contribution in [0.2, 0.25) is 5.15 Å². The molecule has 1 aliphatic carbocycles. The number of halogens is 2. The maximum Gasteiger partial charge on any atom is 0.162 e. The summed E-state index contributed by atoms with van der Waals surface area (Å²) < 4.78 is 0.986. The molecular formula is C12H9ClIN3. The summed E-state index contributed by atoms with van der Waals surface area (Å²) in [7, 11) is 0. The first-order valence-corrected chi connectivity index (χ1v) is 6.84. The fourth-order valence-corrected chi connectivity index (χ4v) is 2.55. The summed E-state index contributed by atoms with van der Waals surface area (Å²) in [4.78, 5) is 13.0. The third-order valence-electron chi connectivity index (χ3n) is 2.72. The van der Waals surface area contributed by atoms with Crippen LogP contribution in [0.1, 0.15) is 24.5 Å². The van der Waals surface area contributed by atoms with Gasteiger partial charge in [-0.1, -0.05) is 11.6 Å². The van der Waals surface area contributed by atoms with Gasteiger partial charge in [0.05, 0.1) is 9.26 Å². The standard InChI is InChI=1S/C12H9ClIN3/c13-11-9(14)10(7-3-4-7)16-12(17-11)8-2-1-5-15-6-8/h1-2,5-7H,3-4H2. The molecule has 0 atom stereocenters. The monoisotopic (exact) mass is 357 g/mol. The summed E-state index contributed by atoms with van der Waals surface area (Å²) in [6, 6.07) is 3.82. The molecule has 3 rings (SSSR count). The summed E-state index contributed by atoms with van der Waals surface area (Å²) in [5, 5.41) is 0.543. The minimum Gasteiger partial charge on any atom is -0.264 e. The fraction of sp³-hybridized carbons (Fsp3) is 0.250. The lowest BCUT2D eigenvalue weighted by Crippen LogP contribution is -1.99. The van der Waals surface area contributed by atoms with Gasteiger partial charge in [-0.05, 0) is 47.6 Å². The summed E-state index contributed by atoms with van der Waals surface area (Å²) in [5.41, 5.74) is 2.00. The van der Waals surface area contributed by atoms with E-state index in [-0.39, 0.29) is 0 Å². The number of rotatable bonds is 2. The topological polar surface area (TPSA) is 38.7 Å². The average Bonchev–Trinajstić information content (AvgIpc) is 3.18. The Morgan fingerprint density at radius 3 is 2.76 bits per heavy atom. The predicted molar refractivity (Wildman–Crippen MR) is 75.0 cm³/mol. The largest absolute Gasteiger partial charge is 0.264 e. The molecule has 2 heterocycles. The zero-order valence-electron chi connectivity index (χ0n) is 8.90. The van der Waals surface area contributed by atoms with E-state index < -0.39 is 0 Å². The molecule has 0 amide bonds. The quantitative estimate of drug-likeness (QED) is 0.608. The van der Waals surface area contributed by atoms with Crippen molar-refractivity contribution in [2.75, 3.05) is 0 Å². The summed E-state index contributed by atoms with van der Waals surface area (Å²) in [6.45, 7) is 0. The number of hydrogen-bond donors (Lipinski definition) is 0. The highest BCUT2D eigenvalue weighted by Crippen LogP contribution is 2.42. The minimum atomic E-state index is 0.543. The number of nitrogens with zero attached hydrogens (tertiary/aromatic N) is 3. The Morgan fingerprint density at radius 1 is 1.29 bits per heavy atom. The van der Waals surface area contributed by atoms with Gasteiger partial charge in [0, 0.05) is 23.9 Å². The molecule has 17 heavy (non-hydrogen) atoms. The van der Waals surface area contributed by atoms with Crippen molar-refractivity contribution < 1.29 is 0 Å². The normalized spacial score (nSPS) is 14.9.